The first-order valence-electron chi connectivity index (χ1n) is 9.79. The second-order valence-electron chi connectivity index (χ2n) is 7.37. The molecule has 158 valence electrons. The van der Waals surface area contributed by atoms with Gasteiger partial charge < -0.3 is 10.4 Å². The van der Waals surface area contributed by atoms with Crippen LogP contribution in [0.5, 0.6) is 0 Å². The molecular formula is C21H22F3N4OP. The average molecular weight is 434 g/mol. The summed E-state index contributed by atoms with van der Waals surface area (Å²) < 4.78 is 42.3. The molecule has 1 aliphatic rings. The number of nitrogens with zero attached hydrogens (tertiary/aromatic N) is 3. The van der Waals surface area contributed by atoms with E-state index in [-0.39, 0.29) is 20.0 Å². The third kappa shape index (κ3) is 4.12. The van der Waals surface area contributed by atoms with Gasteiger partial charge in [-0.2, -0.15) is 8.78 Å². The summed E-state index contributed by atoms with van der Waals surface area (Å²) >= 11 is 0. The van der Waals surface area contributed by atoms with Gasteiger partial charge in [-0.15, -0.1) is 0 Å². The van der Waals surface area contributed by atoms with E-state index in [1.807, 2.05) is 6.07 Å². The van der Waals surface area contributed by atoms with Crippen LogP contribution in [0.4, 0.5) is 19.0 Å². The number of fused-ring (bicyclic) bond motifs is 1. The molecule has 0 radical (unpaired) electrons. The standard InChI is InChI=1S/C21H22F3N4OP/c1-13-27-17-11-25-18(30-7-2-3-8-30)9-15(17)20(28-13)26-10-14-5-4-6-16(19(14)22)21(23,24)12-29/h4-6,9,11,29H,2-3,7-8,10,12H2,1H3,(H,26,27,28). The topological polar surface area (TPSA) is 70.9 Å². The van der Waals surface area contributed by atoms with E-state index >= 15 is 0 Å². The molecule has 30 heavy (non-hydrogen) atoms. The lowest BCUT2D eigenvalue weighted by Crippen LogP contribution is -2.21. The Kier molecular flexibility index (Phi) is 5.89. The Hall–Kier alpha value is -2.31. The molecule has 3 heterocycles. The van der Waals surface area contributed by atoms with Gasteiger partial charge in [0.25, 0.3) is 5.92 Å². The third-order valence-corrected chi connectivity index (χ3v) is 7.83. The van der Waals surface area contributed by atoms with Gasteiger partial charge in [0, 0.05) is 17.5 Å². The minimum absolute atomic E-state index is 0.0286. The highest BCUT2D eigenvalue weighted by molar-refractivity contribution is 7.65. The molecule has 1 saturated heterocycles. The predicted octanol–water partition coefficient (Wildman–Crippen LogP) is 4.07. The lowest BCUT2D eigenvalue weighted by molar-refractivity contribution is -0.0583. The Balaban J connectivity index is 1.65. The molecule has 2 N–H and O–H groups in total. The first kappa shape index (κ1) is 20.9. The summed E-state index contributed by atoms with van der Waals surface area (Å²) in [7, 11) is -0.273. The molecule has 1 fully saturated rings. The Morgan fingerprint density at radius 2 is 1.97 bits per heavy atom. The van der Waals surface area contributed by atoms with E-state index in [0.717, 1.165) is 16.9 Å². The number of benzene rings is 1. The zero-order valence-corrected chi connectivity index (χ0v) is 17.4. The van der Waals surface area contributed by atoms with Crippen LogP contribution in [0.25, 0.3) is 10.9 Å². The summed E-state index contributed by atoms with van der Waals surface area (Å²) in [5.41, 5.74) is 0.994. The van der Waals surface area contributed by atoms with Crippen LogP contribution in [-0.2, 0) is 12.5 Å². The highest BCUT2D eigenvalue weighted by atomic mass is 31.1. The van der Waals surface area contributed by atoms with Gasteiger partial charge in [0.15, 0.2) is 0 Å². The summed E-state index contributed by atoms with van der Waals surface area (Å²) in [4.78, 5) is 13.5. The van der Waals surface area contributed by atoms with Gasteiger partial charge in [-0.1, -0.05) is 20.1 Å². The van der Waals surface area contributed by atoms with Crippen molar-refractivity contribution in [3.8, 4) is 0 Å². The SMILES string of the molecule is Cc1nc(NCc2cccc(C(F)(F)CO)c2F)c2cc(P3CCCC3)ncc2n1. The number of anilines is 1. The fourth-order valence-electron chi connectivity index (χ4n) is 3.65. The summed E-state index contributed by atoms with van der Waals surface area (Å²) in [5, 5.41) is 12.8. The number of aromatic nitrogens is 3. The molecule has 3 aromatic rings. The summed E-state index contributed by atoms with van der Waals surface area (Å²) in [5.74, 6) is -3.61. The smallest absolute Gasteiger partial charge is 0.298 e. The number of nitrogens with one attached hydrogen (secondary N) is 1. The van der Waals surface area contributed by atoms with Crippen LogP contribution in [0.15, 0.2) is 30.5 Å². The van der Waals surface area contributed by atoms with Gasteiger partial charge in [0.05, 0.1) is 22.7 Å². The number of pyridine rings is 1. The Bertz CT molecular complexity index is 1070. The number of hydrogen-bond donors (Lipinski definition) is 2. The molecule has 1 aromatic carbocycles. The van der Waals surface area contributed by atoms with Crippen molar-refractivity contribution in [3.05, 3.63) is 53.2 Å². The van der Waals surface area contributed by atoms with Crippen molar-refractivity contribution in [2.45, 2.75) is 32.2 Å². The molecule has 0 saturated carbocycles. The van der Waals surface area contributed by atoms with Crippen LogP contribution in [0.3, 0.4) is 0 Å². The maximum atomic E-state index is 14.6. The van der Waals surface area contributed by atoms with Gasteiger partial charge in [-0.05, 0) is 44.2 Å². The van der Waals surface area contributed by atoms with Crippen LogP contribution >= 0.6 is 7.92 Å². The predicted molar refractivity (Wildman–Crippen MR) is 112 cm³/mol. The molecule has 0 amide bonds. The Labute approximate surface area is 173 Å². The van der Waals surface area contributed by atoms with Crippen LogP contribution < -0.4 is 10.8 Å². The van der Waals surface area contributed by atoms with Crippen molar-refractivity contribution in [3.63, 3.8) is 0 Å². The molecule has 9 heteroatoms. The third-order valence-electron chi connectivity index (χ3n) is 5.23. The maximum absolute atomic E-state index is 14.6. The maximum Gasteiger partial charge on any atom is 0.298 e. The molecule has 0 atom stereocenters. The van der Waals surface area contributed by atoms with Gasteiger partial charge in [0.2, 0.25) is 0 Å². The lowest BCUT2D eigenvalue weighted by atomic mass is 10.0. The van der Waals surface area contributed by atoms with E-state index < -0.39 is 23.9 Å². The molecule has 5 nitrogen and oxygen atoms in total. The fourth-order valence-corrected chi connectivity index (χ4v) is 6.08. The second-order valence-corrected chi connectivity index (χ2v) is 9.80. The molecule has 0 aliphatic carbocycles. The first-order chi connectivity index (χ1) is 14.4. The Morgan fingerprint density at radius 1 is 1.20 bits per heavy atom. The zero-order valence-electron chi connectivity index (χ0n) is 16.5. The van der Waals surface area contributed by atoms with E-state index in [1.165, 1.54) is 37.3 Å². The molecule has 1 aliphatic heterocycles. The number of hydrogen-bond acceptors (Lipinski definition) is 5. The Morgan fingerprint density at radius 3 is 2.70 bits per heavy atom. The largest absolute Gasteiger partial charge is 0.390 e. The van der Waals surface area contributed by atoms with Crippen molar-refractivity contribution in [2.24, 2.45) is 0 Å². The molecule has 4 rings (SSSR count). The van der Waals surface area contributed by atoms with Crippen molar-refractivity contribution < 1.29 is 18.3 Å². The highest BCUT2D eigenvalue weighted by Crippen LogP contribution is 2.42. The molecule has 2 aromatic heterocycles. The minimum Gasteiger partial charge on any atom is -0.390 e. The molecule has 0 spiro atoms. The summed E-state index contributed by atoms with van der Waals surface area (Å²) in [6.07, 6.45) is 6.51. The monoisotopic (exact) mass is 434 g/mol. The van der Waals surface area contributed by atoms with E-state index in [4.69, 9.17) is 5.11 Å². The zero-order chi connectivity index (χ0) is 21.3. The molecule has 0 unspecified atom stereocenters. The number of aryl methyl sites for hydroxylation is 1. The summed E-state index contributed by atoms with van der Waals surface area (Å²) in [6, 6.07) is 5.78. The number of aliphatic hydroxyl groups is 1. The van der Waals surface area contributed by atoms with Crippen molar-refractivity contribution >= 4 is 30.1 Å². The van der Waals surface area contributed by atoms with Crippen molar-refractivity contribution in [1.82, 2.24) is 15.0 Å². The number of aliphatic hydroxyl groups excluding tert-OH is 1. The number of rotatable bonds is 6. The van der Waals surface area contributed by atoms with Gasteiger partial charge in [-0.25, -0.2) is 14.4 Å². The van der Waals surface area contributed by atoms with Gasteiger partial charge >= 0.3 is 0 Å². The van der Waals surface area contributed by atoms with E-state index in [1.54, 1.807) is 13.1 Å². The highest BCUT2D eigenvalue weighted by Gasteiger charge is 2.34. The van der Waals surface area contributed by atoms with Crippen LogP contribution in [0, 0.1) is 12.7 Å². The van der Waals surface area contributed by atoms with E-state index in [0.29, 0.717) is 17.2 Å². The minimum atomic E-state index is -3.64. The first-order valence-corrected chi connectivity index (χ1v) is 11.5. The summed E-state index contributed by atoms with van der Waals surface area (Å²) in [6.45, 7) is 0.275. The molecular weight excluding hydrogens is 412 g/mol. The van der Waals surface area contributed by atoms with Crippen LogP contribution in [0.1, 0.15) is 29.8 Å². The molecule has 0 bridgehead atoms. The fraction of sp³-hybridized carbons (Fsp3) is 0.381. The average Bonchev–Trinajstić information content (AvgIpc) is 3.27. The van der Waals surface area contributed by atoms with Crippen LogP contribution in [0.2, 0.25) is 0 Å². The van der Waals surface area contributed by atoms with Crippen molar-refractivity contribution in [2.75, 3.05) is 24.2 Å². The van der Waals surface area contributed by atoms with E-state index in [9.17, 15) is 13.2 Å². The van der Waals surface area contributed by atoms with Crippen LogP contribution in [-0.4, -0.2) is 39.0 Å². The quantitative estimate of drug-likeness (QED) is 0.573. The number of alkyl halides is 2. The normalized spacial score (nSPS) is 15.1. The second kappa shape index (κ2) is 8.44. The van der Waals surface area contributed by atoms with Gasteiger partial charge in [-0.3, -0.25) is 4.98 Å². The number of halogens is 3. The lowest BCUT2D eigenvalue weighted by Gasteiger charge is -2.17. The van der Waals surface area contributed by atoms with E-state index in [2.05, 4.69) is 20.3 Å². The van der Waals surface area contributed by atoms with Gasteiger partial charge in [0.1, 0.15) is 24.1 Å². The van der Waals surface area contributed by atoms with Crippen molar-refractivity contribution in [1.29, 1.82) is 0 Å².